The maximum atomic E-state index is 13.9. The molecule has 0 aliphatic heterocycles. The number of benzene rings is 1. The molecule has 0 bridgehead atoms. The van der Waals surface area contributed by atoms with Crippen molar-refractivity contribution < 1.29 is 4.39 Å². The Hall–Kier alpha value is -2.99. The number of nitrogens with one attached hydrogen (secondary N) is 1. The summed E-state index contributed by atoms with van der Waals surface area (Å²) in [5, 5.41) is 12.5. The molecule has 1 N–H and O–H groups in total. The minimum atomic E-state index is -0.610. The van der Waals surface area contributed by atoms with Gasteiger partial charge in [0.25, 0.3) is 5.56 Å². The number of aryl methyl sites for hydroxylation is 1. The first-order valence-electron chi connectivity index (χ1n) is 7.48. The summed E-state index contributed by atoms with van der Waals surface area (Å²) in [6.07, 6.45) is 0. The van der Waals surface area contributed by atoms with Crippen molar-refractivity contribution >= 4 is 32.8 Å². The molecule has 132 valence electrons. The second-order valence-electron chi connectivity index (χ2n) is 5.60. The van der Waals surface area contributed by atoms with Gasteiger partial charge in [0.05, 0.1) is 5.39 Å². The van der Waals surface area contributed by atoms with Crippen LogP contribution >= 0.6 is 15.9 Å². The fraction of sp³-hybridized carbons (Fsp3) is 0.176. The molecule has 0 aliphatic carbocycles. The predicted molar refractivity (Wildman–Crippen MR) is 99.6 cm³/mol. The fourth-order valence-electron chi connectivity index (χ4n) is 2.84. The number of aromatic nitrogens is 3. The Morgan fingerprint density at radius 1 is 1.27 bits per heavy atom. The molecule has 0 spiro atoms. The largest absolute Gasteiger partial charge is 0.372 e. The molecular weight excluding hydrogens is 405 g/mol. The van der Waals surface area contributed by atoms with E-state index in [0.29, 0.717) is 10.0 Å². The summed E-state index contributed by atoms with van der Waals surface area (Å²) in [4.78, 5) is 29.4. The van der Waals surface area contributed by atoms with Crippen LogP contribution in [0.4, 0.5) is 10.2 Å². The fourth-order valence-corrected chi connectivity index (χ4v) is 3.28. The first-order valence-corrected chi connectivity index (χ1v) is 8.28. The maximum Gasteiger partial charge on any atom is 0.332 e. The van der Waals surface area contributed by atoms with Crippen molar-refractivity contribution in [3.8, 4) is 17.2 Å². The maximum absolute atomic E-state index is 13.9. The monoisotopic (exact) mass is 417 g/mol. The van der Waals surface area contributed by atoms with Crippen molar-refractivity contribution in [2.45, 2.75) is 0 Å². The standard InChI is InChI=1S/C17H13BrFN5O2/c1-21-14-10(7-20)12(9-6-8(19)4-5-11(9)18)13-15(22-14)23(2)17(26)24(3)16(13)25/h4-6H,1-3H3,(H,21,22). The average molecular weight is 418 g/mol. The molecule has 0 unspecified atom stereocenters. The molecule has 0 saturated heterocycles. The van der Waals surface area contributed by atoms with Gasteiger partial charge in [0.1, 0.15) is 23.3 Å². The highest BCUT2D eigenvalue weighted by atomic mass is 79.9. The van der Waals surface area contributed by atoms with Gasteiger partial charge in [0.2, 0.25) is 0 Å². The Kier molecular flexibility index (Phi) is 4.38. The van der Waals surface area contributed by atoms with Crippen LogP contribution in [0.5, 0.6) is 0 Å². The van der Waals surface area contributed by atoms with Gasteiger partial charge in [-0.3, -0.25) is 13.9 Å². The molecule has 2 aromatic heterocycles. The lowest BCUT2D eigenvalue weighted by Crippen LogP contribution is -2.37. The van der Waals surface area contributed by atoms with Crippen molar-refractivity contribution in [3.05, 3.63) is 54.9 Å². The molecule has 26 heavy (non-hydrogen) atoms. The molecule has 7 nitrogen and oxygen atoms in total. The molecule has 9 heteroatoms. The molecule has 2 heterocycles. The second-order valence-corrected chi connectivity index (χ2v) is 6.46. The van der Waals surface area contributed by atoms with Crippen LogP contribution in [0.15, 0.2) is 32.3 Å². The summed E-state index contributed by atoms with van der Waals surface area (Å²) in [5.74, 6) is -0.334. The lowest BCUT2D eigenvalue weighted by molar-refractivity contribution is 0.628. The Morgan fingerprint density at radius 3 is 2.58 bits per heavy atom. The van der Waals surface area contributed by atoms with Crippen molar-refractivity contribution in [1.82, 2.24) is 14.1 Å². The van der Waals surface area contributed by atoms with Gasteiger partial charge in [-0.25, -0.2) is 14.2 Å². The Balaban J connectivity index is 2.72. The highest BCUT2D eigenvalue weighted by Crippen LogP contribution is 2.37. The Morgan fingerprint density at radius 2 is 1.96 bits per heavy atom. The quantitative estimate of drug-likeness (QED) is 0.689. The van der Waals surface area contributed by atoms with E-state index in [9.17, 15) is 19.2 Å². The number of hydrogen-bond acceptors (Lipinski definition) is 5. The van der Waals surface area contributed by atoms with E-state index in [2.05, 4.69) is 26.2 Å². The highest BCUT2D eigenvalue weighted by Gasteiger charge is 2.23. The van der Waals surface area contributed by atoms with E-state index >= 15 is 0 Å². The predicted octanol–water partition coefficient (Wildman–Crippen LogP) is 2.11. The van der Waals surface area contributed by atoms with E-state index in [1.165, 1.54) is 36.9 Å². The zero-order valence-electron chi connectivity index (χ0n) is 14.1. The van der Waals surface area contributed by atoms with Gasteiger partial charge in [0, 0.05) is 36.7 Å². The summed E-state index contributed by atoms with van der Waals surface area (Å²) in [7, 11) is 4.39. The van der Waals surface area contributed by atoms with Gasteiger partial charge < -0.3 is 5.32 Å². The summed E-state index contributed by atoms with van der Waals surface area (Å²) in [6.45, 7) is 0. The minimum Gasteiger partial charge on any atom is -0.372 e. The minimum absolute atomic E-state index is 0.0662. The molecule has 0 saturated carbocycles. The number of nitrogens with zero attached hydrogens (tertiary/aromatic N) is 4. The molecule has 0 amide bonds. The summed E-state index contributed by atoms with van der Waals surface area (Å²) in [5.41, 5.74) is -0.438. The molecule has 0 fully saturated rings. The third-order valence-corrected chi connectivity index (χ3v) is 4.83. The number of fused-ring (bicyclic) bond motifs is 1. The lowest BCUT2D eigenvalue weighted by atomic mass is 9.97. The third kappa shape index (κ3) is 2.50. The summed E-state index contributed by atoms with van der Waals surface area (Å²) < 4.78 is 16.6. The van der Waals surface area contributed by atoms with E-state index in [0.717, 1.165) is 4.57 Å². The van der Waals surface area contributed by atoms with Crippen LogP contribution in [0.2, 0.25) is 0 Å². The van der Waals surface area contributed by atoms with Crippen LogP contribution in [-0.2, 0) is 14.1 Å². The highest BCUT2D eigenvalue weighted by molar-refractivity contribution is 9.10. The van der Waals surface area contributed by atoms with Gasteiger partial charge in [-0.1, -0.05) is 15.9 Å². The Bertz CT molecular complexity index is 1220. The van der Waals surface area contributed by atoms with Gasteiger partial charge >= 0.3 is 5.69 Å². The van der Waals surface area contributed by atoms with Gasteiger partial charge in [-0.15, -0.1) is 0 Å². The van der Waals surface area contributed by atoms with Crippen LogP contribution in [0.1, 0.15) is 5.56 Å². The average Bonchev–Trinajstić information content (AvgIpc) is 2.64. The number of nitriles is 1. The number of hydrogen-bond donors (Lipinski definition) is 1. The lowest BCUT2D eigenvalue weighted by Gasteiger charge is -2.16. The summed E-state index contributed by atoms with van der Waals surface area (Å²) in [6, 6.07) is 6.00. The van der Waals surface area contributed by atoms with E-state index in [-0.39, 0.29) is 28.0 Å². The van der Waals surface area contributed by atoms with Gasteiger partial charge in [-0.2, -0.15) is 5.26 Å². The molecule has 3 rings (SSSR count). The first-order chi connectivity index (χ1) is 12.3. The first kappa shape index (κ1) is 17.8. The number of pyridine rings is 1. The number of anilines is 1. The topological polar surface area (TPSA) is 92.7 Å². The summed E-state index contributed by atoms with van der Waals surface area (Å²) >= 11 is 3.34. The normalized spacial score (nSPS) is 10.8. The third-order valence-electron chi connectivity index (χ3n) is 4.13. The van der Waals surface area contributed by atoms with Crippen molar-refractivity contribution in [2.24, 2.45) is 14.1 Å². The number of halogens is 2. The van der Waals surface area contributed by atoms with E-state index in [1.54, 1.807) is 7.05 Å². The molecule has 0 radical (unpaired) electrons. The van der Waals surface area contributed by atoms with Crippen molar-refractivity contribution in [2.75, 3.05) is 12.4 Å². The van der Waals surface area contributed by atoms with Crippen LogP contribution in [0.25, 0.3) is 22.2 Å². The van der Waals surface area contributed by atoms with Crippen LogP contribution in [0.3, 0.4) is 0 Å². The van der Waals surface area contributed by atoms with Crippen molar-refractivity contribution in [3.63, 3.8) is 0 Å². The molecule has 0 atom stereocenters. The van der Waals surface area contributed by atoms with Gasteiger partial charge in [-0.05, 0) is 18.2 Å². The molecule has 0 aliphatic rings. The van der Waals surface area contributed by atoms with E-state index in [4.69, 9.17) is 0 Å². The smallest absolute Gasteiger partial charge is 0.332 e. The molecule has 1 aromatic carbocycles. The second kappa shape index (κ2) is 6.38. The SMILES string of the molecule is CNc1nc2c(c(-c3cc(F)ccc3Br)c1C#N)c(=O)n(C)c(=O)n2C. The molecular formula is C17H13BrFN5O2. The van der Waals surface area contributed by atoms with Crippen LogP contribution in [-0.4, -0.2) is 21.2 Å². The Labute approximate surface area is 155 Å². The number of rotatable bonds is 2. The zero-order valence-corrected chi connectivity index (χ0v) is 15.7. The van der Waals surface area contributed by atoms with Crippen LogP contribution < -0.4 is 16.6 Å². The van der Waals surface area contributed by atoms with E-state index in [1.807, 2.05) is 6.07 Å². The van der Waals surface area contributed by atoms with Crippen molar-refractivity contribution in [1.29, 1.82) is 5.26 Å². The van der Waals surface area contributed by atoms with Crippen LogP contribution in [0, 0.1) is 17.1 Å². The van der Waals surface area contributed by atoms with Gasteiger partial charge in [0.15, 0.2) is 5.65 Å². The zero-order chi connectivity index (χ0) is 19.2. The van der Waals surface area contributed by atoms with E-state index < -0.39 is 17.1 Å². The molecule has 3 aromatic rings.